The van der Waals surface area contributed by atoms with E-state index in [0.717, 1.165) is 18.9 Å². The van der Waals surface area contributed by atoms with E-state index in [4.69, 9.17) is 4.74 Å². The Bertz CT molecular complexity index is 483. The molecule has 2 aliphatic rings. The minimum Gasteiger partial charge on any atom is -0.493 e. The van der Waals surface area contributed by atoms with Crippen LogP contribution in [0.25, 0.3) is 0 Å². The monoisotopic (exact) mass is 306 g/mol. The summed E-state index contributed by atoms with van der Waals surface area (Å²) in [6.07, 6.45) is 1.30. The largest absolute Gasteiger partial charge is 0.493 e. The normalized spacial score (nSPS) is 28.2. The molecule has 22 heavy (non-hydrogen) atoms. The Morgan fingerprint density at radius 1 is 1.18 bits per heavy atom. The molecule has 2 heterocycles. The summed E-state index contributed by atoms with van der Waals surface area (Å²) in [5, 5.41) is 2.47. The molecule has 1 fully saturated rings. The summed E-state index contributed by atoms with van der Waals surface area (Å²) in [6, 6.07) is 7.21. The van der Waals surface area contributed by atoms with Gasteiger partial charge in [-0.05, 0) is 19.4 Å². The van der Waals surface area contributed by atoms with Crippen molar-refractivity contribution in [3.63, 3.8) is 0 Å². The van der Waals surface area contributed by atoms with Crippen LogP contribution in [0.1, 0.15) is 37.4 Å². The van der Waals surface area contributed by atoms with E-state index in [0.29, 0.717) is 6.04 Å². The van der Waals surface area contributed by atoms with Crippen molar-refractivity contribution in [2.45, 2.75) is 32.9 Å². The zero-order chi connectivity index (χ0) is 15.4. The summed E-state index contributed by atoms with van der Waals surface area (Å²) < 4.78 is 5.95. The van der Waals surface area contributed by atoms with Gasteiger partial charge in [-0.25, -0.2) is 0 Å². The molecule has 1 aromatic carbocycles. The van der Waals surface area contributed by atoms with Gasteiger partial charge in [-0.2, -0.15) is 0 Å². The fraction of sp³-hybridized carbons (Fsp3) is 0.667. The highest BCUT2D eigenvalue weighted by Gasteiger charge is 2.37. The second kappa shape index (κ2) is 7.44. The van der Waals surface area contributed by atoms with E-state index in [2.05, 4.69) is 37.4 Å². The molecule has 3 rings (SSSR count). The van der Waals surface area contributed by atoms with Crippen molar-refractivity contribution in [3.05, 3.63) is 29.3 Å². The van der Waals surface area contributed by atoms with E-state index < -0.39 is 0 Å². The number of ether oxygens (including phenoxy) is 1. The van der Waals surface area contributed by atoms with Gasteiger partial charge in [0.05, 0.1) is 18.7 Å². The average Bonchev–Trinajstić information content (AvgIpc) is 2.56. The molecule has 4 N–H and O–H groups in total. The lowest BCUT2D eigenvalue weighted by Gasteiger charge is -2.36. The van der Waals surface area contributed by atoms with Crippen LogP contribution in [0.3, 0.4) is 0 Å². The van der Waals surface area contributed by atoms with Crippen molar-refractivity contribution in [2.24, 2.45) is 0 Å². The SMILES string of the molecule is CCC[NH+]1CC[NH+]([C@H]2C[NH2+]Cc3cccc(OCC)c32)CC1. The van der Waals surface area contributed by atoms with Gasteiger partial charge in [0.15, 0.2) is 6.04 Å². The van der Waals surface area contributed by atoms with E-state index in [-0.39, 0.29) is 0 Å². The fourth-order valence-corrected chi connectivity index (χ4v) is 4.22. The Morgan fingerprint density at radius 2 is 2.00 bits per heavy atom. The molecular formula is C18H32N3O+3. The van der Waals surface area contributed by atoms with Gasteiger partial charge in [0.1, 0.15) is 45.0 Å². The van der Waals surface area contributed by atoms with Crippen molar-refractivity contribution < 1.29 is 19.9 Å². The van der Waals surface area contributed by atoms with Crippen LogP contribution in [0.15, 0.2) is 18.2 Å². The summed E-state index contributed by atoms with van der Waals surface area (Å²) >= 11 is 0. The number of piperazine rings is 1. The Morgan fingerprint density at radius 3 is 2.73 bits per heavy atom. The number of rotatable bonds is 5. The summed E-state index contributed by atoms with van der Waals surface area (Å²) in [5.41, 5.74) is 2.99. The molecule has 0 aliphatic carbocycles. The number of benzene rings is 1. The van der Waals surface area contributed by atoms with E-state index in [9.17, 15) is 0 Å². The first-order valence-corrected chi connectivity index (χ1v) is 9.07. The van der Waals surface area contributed by atoms with Gasteiger partial charge in [0, 0.05) is 5.56 Å². The van der Waals surface area contributed by atoms with Gasteiger partial charge in [-0.3, -0.25) is 0 Å². The first-order chi connectivity index (χ1) is 10.8. The van der Waals surface area contributed by atoms with Gasteiger partial charge >= 0.3 is 0 Å². The lowest BCUT2D eigenvalue weighted by Crippen LogP contribution is -3.29. The lowest BCUT2D eigenvalue weighted by molar-refractivity contribution is -1.03. The first-order valence-electron chi connectivity index (χ1n) is 9.07. The topological polar surface area (TPSA) is 34.7 Å². The van der Waals surface area contributed by atoms with Crippen LogP contribution in [0, 0.1) is 0 Å². The Hall–Kier alpha value is -1.10. The Labute approximate surface area is 134 Å². The predicted molar refractivity (Wildman–Crippen MR) is 87.4 cm³/mol. The number of nitrogens with one attached hydrogen (secondary N) is 2. The summed E-state index contributed by atoms with van der Waals surface area (Å²) in [6.45, 7) is 14.0. The van der Waals surface area contributed by atoms with Gasteiger partial charge in [-0.1, -0.05) is 19.1 Å². The number of hydrogen-bond acceptors (Lipinski definition) is 1. The van der Waals surface area contributed by atoms with Crippen LogP contribution in [0.5, 0.6) is 5.75 Å². The molecule has 1 aromatic rings. The van der Waals surface area contributed by atoms with Gasteiger partial charge in [0.2, 0.25) is 0 Å². The molecule has 4 heteroatoms. The summed E-state index contributed by atoms with van der Waals surface area (Å²) in [4.78, 5) is 3.56. The third-order valence-electron chi connectivity index (χ3n) is 5.27. The van der Waals surface area contributed by atoms with Crippen molar-refractivity contribution in [2.75, 3.05) is 45.9 Å². The van der Waals surface area contributed by atoms with E-state index in [1.807, 2.05) is 0 Å². The van der Waals surface area contributed by atoms with Crippen molar-refractivity contribution in [1.29, 1.82) is 0 Å². The standard InChI is InChI=1S/C18H29N3O/c1-3-8-20-9-11-21(12-10-20)16-14-19-13-15-6-5-7-17(18(15)16)22-4-2/h5-7,16,19H,3-4,8-14H2,1-2H3/p+3/t16-/m0/s1. The van der Waals surface area contributed by atoms with Crippen LogP contribution in [-0.2, 0) is 6.54 Å². The Kier molecular flexibility index (Phi) is 5.34. The smallest absolute Gasteiger partial charge is 0.167 e. The number of nitrogens with two attached hydrogens (primary N) is 1. The third kappa shape index (κ3) is 3.29. The second-order valence-corrected chi connectivity index (χ2v) is 6.70. The number of fused-ring (bicyclic) bond motifs is 1. The summed E-state index contributed by atoms with van der Waals surface area (Å²) in [5.74, 6) is 1.13. The molecule has 1 saturated heterocycles. The number of quaternary nitrogens is 3. The maximum atomic E-state index is 5.95. The average molecular weight is 306 g/mol. The molecule has 2 aliphatic heterocycles. The fourth-order valence-electron chi connectivity index (χ4n) is 4.22. The van der Waals surface area contributed by atoms with E-state index in [1.165, 1.54) is 56.8 Å². The van der Waals surface area contributed by atoms with Crippen LogP contribution >= 0.6 is 0 Å². The van der Waals surface area contributed by atoms with E-state index >= 15 is 0 Å². The van der Waals surface area contributed by atoms with Crippen LogP contribution < -0.4 is 19.9 Å². The Balaban J connectivity index is 1.77. The molecule has 1 atom stereocenters. The van der Waals surface area contributed by atoms with Crippen LogP contribution in [0.2, 0.25) is 0 Å². The minimum absolute atomic E-state index is 0.606. The number of hydrogen-bond donors (Lipinski definition) is 3. The van der Waals surface area contributed by atoms with Crippen molar-refractivity contribution in [1.82, 2.24) is 0 Å². The molecule has 0 unspecified atom stereocenters. The van der Waals surface area contributed by atoms with Gasteiger partial charge in [-0.15, -0.1) is 0 Å². The third-order valence-corrected chi connectivity index (χ3v) is 5.27. The van der Waals surface area contributed by atoms with Crippen molar-refractivity contribution >= 4 is 0 Å². The lowest BCUT2D eigenvalue weighted by atomic mass is 9.94. The maximum Gasteiger partial charge on any atom is 0.167 e. The van der Waals surface area contributed by atoms with Crippen molar-refractivity contribution in [3.8, 4) is 5.75 Å². The highest BCUT2D eigenvalue weighted by Crippen LogP contribution is 2.28. The first kappa shape index (κ1) is 15.8. The molecule has 4 nitrogen and oxygen atoms in total. The quantitative estimate of drug-likeness (QED) is 0.602. The van der Waals surface area contributed by atoms with Gasteiger partial charge < -0.3 is 19.9 Å². The molecule has 0 aromatic heterocycles. The van der Waals surface area contributed by atoms with Crippen LogP contribution in [0.4, 0.5) is 0 Å². The molecule has 0 amide bonds. The van der Waals surface area contributed by atoms with Gasteiger partial charge in [0.25, 0.3) is 0 Å². The highest BCUT2D eigenvalue weighted by atomic mass is 16.5. The van der Waals surface area contributed by atoms with E-state index in [1.54, 1.807) is 9.80 Å². The minimum atomic E-state index is 0.606. The predicted octanol–water partition coefficient (Wildman–Crippen LogP) is -1.60. The zero-order valence-electron chi connectivity index (χ0n) is 14.2. The second-order valence-electron chi connectivity index (χ2n) is 6.70. The highest BCUT2D eigenvalue weighted by molar-refractivity contribution is 5.42. The molecule has 0 radical (unpaired) electrons. The van der Waals surface area contributed by atoms with Crippen LogP contribution in [-0.4, -0.2) is 45.9 Å². The molecule has 0 bridgehead atoms. The molecular weight excluding hydrogens is 274 g/mol. The molecule has 0 saturated carbocycles. The maximum absolute atomic E-state index is 5.95. The molecule has 0 spiro atoms. The zero-order valence-corrected chi connectivity index (χ0v) is 14.2. The molecule has 122 valence electrons. The summed E-state index contributed by atoms with van der Waals surface area (Å²) in [7, 11) is 0.